The summed E-state index contributed by atoms with van der Waals surface area (Å²) in [5, 5.41) is 0. The molecule has 17 heavy (non-hydrogen) atoms. The van der Waals surface area contributed by atoms with E-state index in [9.17, 15) is 4.39 Å². The van der Waals surface area contributed by atoms with Crippen LogP contribution in [-0.2, 0) is 6.42 Å². The number of halogens is 1. The molecule has 2 aromatic rings. The summed E-state index contributed by atoms with van der Waals surface area (Å²) in [5.74, 6) is -0.412. The highest BCUT2D eigenvalue weighted by Crippen LogP contribution is 2.36. The first-order valence-corrected chi connectivity index (χ1v) is 5.47. The average Bonchev–Trinajstić information content (AvgIpc) is 2.76. The van der Waals surface area contributed by atoms with Gasteiger partial charge in [0.25, 0.3) is 0 Å². The van der Waals surface area contributed by atoms with Crippen LogP contribution in [0.3, 0.4) is 0 Å². The minimum absolute atomic E-state index is 0.100. The lowest BCUT2D eigenvalue weighted by Crippen LogP contribution is -2.08. The Morgan fingerprint density at radius 1 is 1.29 bits per heavy atom. The Hall–Kier alpha value is -2.04. The molecule has 0 saturated heterocycles. The van der Waals surface area contributed by atoms with E-state index in [1.54, 1.807) is 6.20 Å². The second-order valence-electron chi connectivity index (χ2n) is 4.10. The first kappa shape index (κ1) is 10.1. The Labute approximate surface area is 97.7 Å². The Kier molecular flexibility index (Phi) is 2.24. The molecule has 1 aliphatic rings. The van der Waals surface area contributed by atoms with Gasteiger partial charge in [0.05, 0.1) is 17.6 Å². The smallest absolute Gasteiger partial charge is 0.220 e. The monoisotopic (exact) mass is 230 g/mol. The lowest BCUT2D eigenvalue weighted by Gasteiger charge is -2.10. The van der Waals surface area contributed by atoms with Gasteiger partial charge in [0.15, 0.2) is 5.82 Å². The van der Waals surface area contributed by atoms with Crippen molar-refractivity contribution in [3.8, 4) is 0 Å². The Bertz CT molecular complexity index is 570. The number of pyridine rings is 1. The van der Waals surface area contributed by atoms with E-state index in [0.717, 1.165) is 30.3 Å². The van der Waals surface area contributed by atoms with E-state index in [2.05, 4.69) is 15.0 Å². The molecule has 1 unspecified atom stereocenters. The summed E-state index contributed by atoms with van der Waals surface area (Å²) in [6.45, 7) is 0. The number of hydrogen-bond donors (Lipinski definition) is 1. The molecule has 86 valence electrons. The van der Waals surface area contributed by atoms with E-state index >= 15 is 0 Å². The van der Waals surface area contributed by atoms with Crippen molar-refractivity contribution in [3.63, 3.8) is 0 Å². The van der Waals surface area contributed by atoms with Gasteiger partial charge in [0.2, 0.25) is 5.95 Å². The maximum absolute atomic E-state index is 13.7. The van der Waals surface area contributed by atoms with E-state index in [-0.39, 0.29) is 11.9 Å². The Morgan fingerprint density at radius 2 is 2.18 bits per heavy atom. The molecule has 0 spiro atoms. The highest BCUT2D eigenvalue weighted by molar-refractivity contribution is 5.36. The first-order valence-electron chi connectivity index (χ1n) is 5.47. The number of nitrogens with two attached hydrogens (primary N) is 1. The minimum Gasteiger partial charge on any atom is -0.368 e. The zero-order valence-electron chi connectivity index (χ0n) is 9.10. The van der Waals surface area contributed by atoms with Gasteiger partial charge in [0, 0.05) is 12.1 Å². The van der Waals surface area contributed by atoms with Crippen molar-refractivity contribution in [2.75, 3.05) is 5.73 Å². The second kappa shape index (κ2) is 3.76. The quantitative estimate of drug-likeness (QED) is 0.809. The zero-order valence-corrected chi connectivity index (χ0v) is 9.10. The molecule has 0 bridgehead atoms. The van der Waals surface area contributed by atoms with Gasteiger partial charge in [-0.15, -0.1) is 0 Å². The lowest BCUT2D eigenvalue weighted by molar-refractivity contribution is 0.572. The number of hydrogen-bond acceptors (Lipinski definition) is 4. The van der Waals surface area contributed by atoms with Crippen molar-refractivity contribution in [2.24, 2.45) is 0 Å². The third kappa shape index (κ3) is 1.63. The van der Waals surface area contributed by atoms with E-state index in [1.165, 1.54) is 0 Å². The summed E-state index contributed by atoms with van der Waals surface area (Å²) in [4.78, 5) is 12.0. The maximum atomic E-state index is 13.7. The third-order valence-electron chi connectivity index (χ3n) is 3.08. The summed E-state index contributed by atoms with van der Waals surface area (Å²) < 4.78 is 13.7. The lowest BCUT2D eigenvalue weighted by atomic mass is 10.0. The van der Waals surface area contributed by atoms with Crippen LogP contribution in [0.25, 0.3) is 0 Å². The molecule has 0 aliphatic heterocycles. The Morgan fingerprint density at radius 3 is 3.06 bits per heavy atom. The van der Waals surface area contributed by atoms with Gasteiger partial charge >= 0.3 is 0 Å². The van der Waals surface area contributed by atoms with E-state index in [0.29, 0.717) is 5.69 Å². The number of anilines is 1. The van der Waals surface area contributed by atoms with Gasteiger partial charge in [-0.05, 0) is 24.5 Å². The fourth-order valence-electron chi connectivity index (χ4n) is 2.32. The molecule has 0 saturated carbocycles. The molecule has 1 aliphatic carbocycles. The summed E-state index contributed by atoms with van der Waals surface area (Å²) in [6.07, 6.45) is 4.56. The van der Waals surface area contributed by atoms with Crippen molar-refractivity contribution in [2.45, 2.75) is 18.8 Å². The molecule has 0 fully saturated rings. The SMILES string of the molecule is Nc1ncc(F)c(C2CCc3cccnc32)n1. The van der Waals surface area contributed by atoms with Crippen molar-refractivity contribution >= 4 is 5.95 Å². The normalized spacial score (nSPS) is 18.1. The standard InChI is InChI=1S/C12H11FN4/c13-9-6-16-12(14)17-11(9)8-4-3-7-2-1-5-15-10(7)8/h1-2,5-6,8H,3-4H2,(H2,14,16,17). The van der Waals surface area contributed by atoms with E-state index < -0.39 is 5.82 Å². The highest BCUT2D eigenvalue weighted by Gasteiger charge is 2.28. The molecule has 5 heteroatoms. The van der Waals surface area contributed by atoms with E-state index in [1.807, 2.05) is 12.1 Å². The van der Waals surface area contributed by atoms with Crippen molar-refractivity contribution in [1.29, 1.82) is 0 Å². The van der Waals surface area contributed by atoms with Crippen LogP contribution in [0.5, 0.6) is 0 Å². The third-order valence-corrected chi connectivity index (χ3v) is 3.08. The topological polar surface area (TPSA) is 64.7 Å². The van der Waals surface area contributed by atoms with Crippen LogP contribution < -0.4 is 5.73 Å². The first-order chi connectivity index (χ1) is 8.25. The van der Waals surface area contributed by atoms with Gasteiger partial charge < -0.3 is 5.73 Å². The molecule has 2 N–H and O–H groups in total. The summed E-state index contributed by atoms with van der Waals surface area (Å²) >= 11 is 0. The van der Waals surface area contributed by atoms with Crippen LogP contribution in [0.1, 0.15) is 29.3 Å². The maximum Gasteiger partial charge on any atom is 0.220 e. The van der Waals surface area contributed by atoms with Gasteiger partial charge in [-0.2, -0.15) is 0 Å². The molecule has 2 aromatic heterocycles. The number of nitrogens with zero attached hydrogens (tertiary/aromatic N) is 3. The fourth-order valence-corrected chi connectivity index (χ4v) is 2.32. The predicted molar refractivity (Wildman–Crippen MR) is 60.8 cm³/mol. The van der Waals surface area contributed by atoms with Gasteiger partial charge in [0.1, 0.15) is 0 Å². The molecule has 0 radical (unpaired) electrons. The van der Waals surface area contributed by atoms with Crippen LogP contribution in [0, 0.1) is 5.82 Å². The van der Waals surface area contributed by atoms with Crippen molar-refractivity contribution in [3.05, 3.63) is 47.3 Å². The Balaban J connectivity index is 2.10. The van der Waals surface area contributed by atoms with Crippen LogP contribution in [0.4, 0.5) is 10.3 Å². The molecule has 2 heterocycles. The zero-order chi connectivity index (χ0) is 11.8. The largest absolute Gasteiger partial charge is 0.368 e. The van der Waals surface area contributed by atoms with Crippen LogP contribution in [0.2, 0.25) is 0 Å². The number of aryl methyl sites for hydroxylation is 1. The number of aromatic nitrogens is 3. The summed E-state index contributed by atoms with van der Waals surface area (Å²) in [5.41, 5.74) is 7.93. The summed E-state index contributed by atoms with van der Waals surface area (Å²) in [7, 11) is 0. The molecule has 0 aromatic carbocycles. The second-order valence-corrected chi connectivity index (χ2v) is 4.10. The number of rotatable bonds is 1. The fraction of sp³-hybridized carbons (Fsp3) is 0.250. The van der Waals surface area contributed by atoms with Crippen molar-refractivity contribution < 1.29 is 4.39 Å². The molecular weight excluding hydrogens is 219 g/mol. The molecular formula is C12H11FN4. The van der Waals surface area contributed by atoms with Crippen LogP contribution in [-0.4, -0.2) is 15.0 Å². The number of fused-ring (bicyclic) bond motifs is 1. The average molecular weight is 230 g/mol. The van der Waals surface area contributed by atoms with Crippen LogP contribution in [0.15, 0.2) is 24.5 Å². The van der Waals surface area contributed by atoms with Crippen LogP contribution >= 0.6 is 0 Å². The van der Waals surface area contributed by atoms with E-state index in [4.69, 9.17) is 5.73 Å². The van der Waals surface area contributed by atoms with Crippen molar-refractivity contribution in [1.82, 2.24) is 15.0 Å². The highest BCUT2D eigenvalue weighted by atomic mass is 19.1. The van der Waals surface area contributed by atoms with Gasteiger partial charge in [-0.1, -0.05) is 6.07 Å². The molecule has 4 nitrogen and oxygen atoms in total. The summed E-state index contributed by atoms with van der Waals surface area (Å²) in [6, 6.07) is 3.91. The van der Waals surface area contributed by atoms with Gasteiger partial charge in [-0.25, -0.2) is 14.4 Å². The molecule has 3 rings (SSSR count). The van der Waals surface area contributed by atoms with Gasteiger partial charge in [-0.3, -0.25) is 4.98 Å². The minimum atomic E-state index is -0.414. The number of nitrogen functional groups attached to an aromatic ring is 1. The molecule has 0 amide bonds. The predicted octanol–water partition coefficient (Wildman–Crippen LogP) is 1.67. The molecule has 1 atom stereocenters.